The van der Waals surface area contributed by atoms with Gasteiger partial charge in [0.1, 0.15) is 34.8 Å². The molecule has 1 N–H and O–H groups in total. The largest absolute Gasteiger partial charge is 0.494 e. The number of esters is 1. The van der Waals surface area contributed by atoms with Gasteiger partial charge in [0, 0.05) is 36.4 Å². The highest BCUT2D eigenvalue weighted by Gasteiger charge is 2.61. The van der Waals surface area contributed by atoms with Crippen molar-refractivity contribution in [1.82, 2.24) is 15.2 Å². The van der Waals surface area contributed by atoms with Gasteiger partial charge in [0.15, 0.2) is 15.6 Å². The quantitative estimate of drug-likeness (QED) is 0.222. The van der Waals surface area contributed by atoms with Crippen LogP contribution in [0.25, 0.3) is 10.8 Å². The molecular formula is C37H48ClN3O9S. The summed E-state index contributed by atoms with van der Waals surface area (Å²) in [4.78, 5) is 61.7. The average Bonchev–Trinajstić information content (AvgIpc) is 4.01. The molecule has 3 aliphatic rings. The average molecular weight is 752 g/mol. The highest BCUT2D eigenvalue weighted by atomic mass is 35.5. The van der Waals surface area contributed by atoms with E-state index in [4.69, 9.17) is 34.0 Å². The minimum absolute atomic E-state index is 0.0396. The number of ether oxygens (including phenoxy) is 3. The summed E-state index contributed by atoms with van der Waals surface area (Å²) in [5.74, 6) is -6.96. The zero-order valence-electron chi connectivity index (χ0n) is 35.3. The van der Waals surface area contributed by atoms with Gasteiger partial charge in [-0.25, -0.2) is 13.4 Å². The fourth-order valence-corrected chi connectivity index (χ4v) is 8.39. The highest BCUT2D eigenvalue weighted by Crippen LogP contribution is 2.47. The molecule has 2 saturated carbocycles. The van der Waals surface area contributed by atoms with Gasteiger partial charge in [0.05, 0.1) is 37.4 Å². The lowest BCUT2D eigenvalue weighted by molar-refractivity contribution is -0.161. The van der Waals surface area contributed by atoms with Crippen LogP contribution in [0.15, 0.2) is 37.1 Å². The van der Waals surface area contributed by atoms with Crippen molar-refractivity contribution in [3.8, 4) is 11.6 Å². The Labute approximate surface area is 312 Å². The molecule has 5 rings (SSSR count). The maximum atomic E-state index is 14.9. The molecule has 0 radical (unpaired) electrons. The third kappa shape index (κ3) is 8.51. The van der Waals surface area contributed by atoms with Crippen LogP contribution in [0, 0.1) is 17.3 Å². The number of aromatic nitrogens is 1. The van der Waals surface area contributed by atoms with E-state index >= 15 is 0 Å². The van der Waals surface area contributed by atoms with E-state index in [1.54, 1.807) is 39.0 Å². The number of ketones is 1. The minimum atomic E-state index is -3.79. The number of pyridine rings is 1. The van der Waals surface area contributed by atoms with E-state index in [2.05, 4.69) is 16.9 Å². The lowest BCUT2D eigenvalue weighted by Crippen LogP contribution is -2.55. The van der Waals surface area contributed by atoms with Crippen molar-refractivity contribution in [2.75, 3.05) is 19.4 Å². The fraction of sp³-hybridized carbons (Fsp3) is 0.595. The van der Waals surface area contributed by atoms with Gasteiger partial charge in [0.25, 0.3) is 0 Å². The molecule has 3 fully saturated rings. The Morgan fingerprint density at radius 3 is 2.49 bits per heavy atom. The molecular weight excluding hydrogens is 698 g/mol. The molecule has 0 unspecified atom stereocenters. The van der Waals surface area contributed by atoms with Crippen LogP contribution in [0.5, 0.6) is 11.6 Å². The maximum absolute atomic E-state index is 14.9. The second kappa shape index (κ2) is 14.0. The molecule has 2 heterocycles. The van der Waals surface area contributed by atoms with Gasteiger partial charge in [-0.1, -0.05) is 38.3 Å². The predicted octanol–water partition coefficient (Wildman–Crippen LogP) is 4.85. The Balaban J connectivity index is 1.57. The fourth-order valence-electron chi connectivity index (χ4n) is 6.51. The van der Waals surface area contributed by atoms with E-state index in [1.165, 1.54) is 19.4 Å². The molecule has 5 atom stereocenters. The summed E-state index contributed by atoms with van der Waals surface area (Å²) >= 11 is 6.31. The van der Waals surface area contributed by atoms with Crippen molar-refractivity contribution >= 4 is 55.8 Å². The molecule has 1 saturated heterocycles. The monoisotopic (exact) mass is 751 g/mol. The second-order valence-corrected chi connectivity index (χ2v) is 17.5. The van der Waals surface area contributed by atoms with Crippen molar-refractivity contribution in [3.05, 3.63) is 42.1 Å². The first-order valence-corrected chi connectivity index (χ1v) is 18.8. The maximum Gasteiger partial charge on any atom is 0.307 e. The van der Waals surface area contributed by atoms with Crippen LogP contribution >= 0.6 is 11.6 Å². The smallest absolute Gasteiger partial charge is 0.307 e. The zero-order valence-corrected chi connectivity index (χ0v) is 30.9. The van der Waals surface area contributed by atoms with Gasteiger partial charge in [-0.05, 0) is 63.6 Å². The number of nitrogens with zero attached hydrogens (tertiary/aromatic N) is 2. The molecule has 51 heavy (non-hydrogen) atoms. The number of rotatable bonds is 13. The Morgan fingerprint density at radius 1 is 1.20 bits per heavy atom. The molecule has 0 spiro atoms. The SMILES string of the molecule is [2H]C([2H])([2H])C(C)([C@H](CC(=O)OC(C)(C)C)C(=O)N1C[C@H](Oc2ncc(OC)c3ccc(Cl)cc23)C[C@H]1C(=O)N[C@]1(C(=O)CS(=O)(=O)C2CC2)C[C@H]1C=C)C([2H])([2H])[2H]. The number of nitrogens with one attached hydrogen (secondary N) is 1. The van der Waals surface area contributed by atoms with Crippen LogP contribution in [-0.2, 0) is 33.8 Å². The Bertz CT molecular complexity index is 2060. The first-order chi connectivity index (χ1) is 26.2. The number of Topliss-reactive ketones (excluding diaryl/α,β-unsaturated/α-hetero) is 1. The van der Waals surface area contributed by atoms with Crippen LogP contribution < -0.4 is 14.8 Å². The molecule has 1 aromatic carbocycles. The number of methoxy groups -OCH3 is 1. The van der Waals surface area contributed by atoms with Crippen LogP contribution in [0.2, 0.25) is 5.02 Å². The second-order valence-electron chi connectivity index (χ2n) is 14.8. The Morgan fingerprint density at radius 2 is 1.90 bits per heavy atom. The Kier molecular flexibility index (Phi) is 8.49. The van der Waals surface area contributed by atoms with E-state index in [9.17, 15) is 27.6 Å². The molecule has 2 amide bonds. The predicted molar refractivity (Wildman–Crippen MR) is 192 cm³/mol. The number of sulfone groups is 1. The molecule has 2 aliphatic carbocycles. The van der Waals surface area contributed by atoms with E-state index in [0.717, 1.165) is 11.8 Å². The number of carbonyl (C=O) groups is 4. The van der Waals surface area contributed by atoms with Crippen molar-refractivity contribution in [2.24, 2.45) is 17.3 Å². The molecule has 1 aromatic heterocycles. The van der Waals surface area contributed by atoms with E-state index < -0.39 is 112 Å². The third-order valence-electron chi connectivity index (χ3n) is 9.42. The molecule has 2 aromatic rings. The summed E-state index contributed by atoms with van der Waals surface area (Å²) in [6.07, 6.45) is 1.45. The van der Waals surface area contributed by atoms with E-state index in [1.807, 2.05) is 0 Å². The van der Waals surface area contributed by atoms with E-state index in [-0.39, 0.29) is 18.7 Å². The molecule has 12 nitrogen and oxygen atoms in total. The zero-order chi connectivity index (χ0) is 42.7. The number of likely N-dealkylation sites (tertiary alicyclic amines) is 1. The number of fused-ring (bicyclic) bond motifs is 1. The van der Waals surface area contributed by atoms with Gasteiger partial charge in [-0.2, -0.15) is 0 Å². The van der Waals surface area contributed by atoms with Crippen LogP contribution in [0.4, 0.5) is 0 Å². The number of halogens is 1. The van der Waals surface area contributed by atoms with Crippen molar-refractivity contribution < 1.29 is 50.0 Å². The first kappa shape index (κ1) is 30.9. The molecule has 1 aliphatic heterocycles. The van der Waals surface area contributed by atoms with Gasteiger partial charge in [-0.3, -0.25) is 19.2 Å². The van der Waals surface area contributed by atoms with Crippen molar-refractivity contribution in [2.45, 2.75) is 102 Å². The number of amides is 2. The highest BCUT2D eigenvalue weighted by molar-refractivity contribution is 7.93. The van der Waals surface area contributed by atoms with E-state index in [0.29, 0.717) is 34.4 Å². The van der Waals surface area contributed by atoms with Crippen LogP contribution in [0.3, 0.4) is 0 Å². The minimum Gasteiger partial charge on any atom is -0.494 e. The first-order valence-electron chi connectivity index (χ1n) is 19.7. The molecule has 278 valence electrons. The normalized spacial score (nSPS) is 26.3. The van der Waals surface area contributed by atoms with Crippen molar-refractivity contribution in [3.63, 3.8) is 0 Å². The van der Waals surface area contributed by atoms with Crippen LogP contribution in [0.1, 0.15) is 81.7 Å². The summed E-state index contributed by atoms with van der Waals surface area (Å²) in [6, 6.07) is 3.37. The lowest BCUT2D eigenvalue weighted by atomic mass is 9.77. The number of hydrogen-bond donors (Lipinski definition) is 1. The summed E-state index contributed by atoms with van der Waals surface area (Å²) in [6.45, 7) is 2.14. The number of benzene rings is 1. The summed E-state index contributed by atoms with van der Waals surface area (Å²) in [5, 5.41) is 3.37. The molecule has 0 bridgehead atoms. The van der Waals surface area contributed by atoms with Gasteiger partial charge in [-0.15, -0.1) is 6.58 Å². The third-order valence-corrected chi connectivity index (χ3v) is 11.8. The van der Waals surface area contributed by atoms with Gasteiger partial charge in [0.2, 0.25) is 17.7 Å². The topological polar surface area (TPSA) is 158 Å². The van der Waals surface area contributed by atoms with Gasteiger partial charge >= 0.3 is 5.97 Å². The lowest BCUT2D eigenvalue weighted by Gasteiger charge is -2.35. The number of hydrogen-bond acceptors (Lipinski definition) is 10. The van der Waals surface area contributed by atoms with Crippen molar-refractivity contribution in [1.29, 1.82) is 0 Å². The summed E-state index contributed by atoms with van der Waals surface area (Å²) < 4.78 is 93.0. The summed E-state index contributed by atoms with van der Waals surface area (Å²) in [7, 11) is -2.34. The van der Waals surface area contributed by atoms with Crippen LogP contribution in [-0.4, -0.2) is 89.8 Å². The molecule has 14 heteroatoms. The Hall–Kier alpha value is -3.71. The standard InChI is InChI=1S/C37H48ClN3O9S/c1-9-21-17-37(21,30(42)20-51(46,47)24-11-12-24)40-32(44)28-15-23(49-33-26-14-22(38)10-13-25(26)29(48-8)18-39-33)19-41(28)34(45)27(35(2,3)4)16-31(43)50-36(5,6)7/h9-10,13-14,18,21,23-24,27-28H,1,11-12,15-17,19-20H2,2-8H3,(H,40,44)/t21-,23-,27-,28+,37-/m1/s1/i2D3,3D3. The summed E-state index contributed by atoms with van der Waals surface area (Å²) in [5.41, 5.74) is -5.58. The van der Waals surface area contributed by atoms with Gasteiger partial charge < -0.3 is 24.4 Å². The number of carbonyl (C=O) groups excluding carboxylic acids is 4.